The summed E-state index contributed by atoms with van der Waals surface area (Å²) in [7, 11) is 3.29. The van der Waals surface area contributed by atoms with Crippen LogP contribution in [0.2, 0.25) is 0 Å². The van der Waals surface area contributed by atoms with E-state index >= 15 is 0 Å². The Hall–Kier alpha value is -3.14. The lowest BCUT2D eigenvalue weighted by molar-refractivity contribution is -0.124. The Balaban J connectivity index is 1.44. The van der Waals surface area contributed by atoms with Gasteiger partial charge in [0.05, 0.1) is 14.2 Å². The Morgan fingerprint density at radius 2 is 1.09 bits per heavy atom. The van der Waals surface area contributed by atoms with Crippen LogP contribution in [0.15, 0.2) is 59.7 Å². The number of carbonyl (C=O) groups is 2. The maximum atomic E-state index is 13.2. The minimum atomic E-state index is -0.0578. The third-order valence-electron chi connectivity index (χ3n) is 6.85. The fraction of sp³-hybridized carbons (Fsp3) is 0.379. The lowest BCUT2D eigenvalue weighted by atomic mass is 9.73. The smallest absolute Gasteiger partial charge is 0.161 e. The minimum absolute atomic E-state index is 0.0578. The molecule has 0 amide bonds. The van der Waals surface area contributed by atoms with E-state index in [2.05, 4.69) is 0 Å². The van der Waals surface area contributed by atoms with Crippen molar-refractivity contribution < 1.29 is 19.1 Å². The molecular formula is C29H32O4. The molecule has 4 nitrogen and oxygen atoms in total. The van der Waals surface area contributed by atoms with Gasteiger partial charge in [0.1, 0.15) is 11.5 Å². The summed E-state index contributed by atoms with van der Waals surface area (Å²) in [6, 6.07) is 15.5. The quantitative estimate of drug-likeness (QED) is 0.491. The number of ether oxygens (including phenoxy) is 2. The second-order valence-electron chi connectivity index (χ2n) is 9.03. The van der Waals surface area contributed by atoms with Crippen LogP contribution in [0, 0.1) is 11.8 Å². The van der Waals surface area contributed by atoms with Crippen LogP contribution >= 0.6 is 0 Å². The highest BCUT2D eigenvalue weighted by atomic mass is 16.5. The molecular weight excluding hydrogens is 412 g/mol. The van der Waals surface area contributed by atoms with Crippen LogP contribution in [0.3, 0.4) is 0 Å². The summed E-state index contributed by atoms with van der Waals surface area (Å²) in [6.07, 6.45) is 10.0. The lowest BCUT2D eigenvalue weighted by Crippen LogP contribution is -2.29. The van der Waals surface area contributed by atoms with Gasteiger partial charge in [0.2, 0.25) is 0 Å². The molecule has 172 valence electrons. The molecule has 0 saturated heterocycles. The van der Waals surface area contributed by atoms with Gasteiger partial charge in [0.25, 0.3) is 0 Å². The van der Waals surface area contributed by atoms with E-state index < -0.39 is 0 Å². The molecule has 2 aliphatic rings. The molecule has 2 unspecified atom stereocenters. The van der Waals surface area contributed by atoms with E-state index in [1.54, 1.807) is 14.2 Å². The molecule has 0 spiro atoms. The normalized spacial score (nSPS) is 23.7. The summed E-state index contributed by atoms with van der Waals surface area (Å²) in [4.78, 5) is 26.5. The van der Waals surface area contributed by atoms with Gasteiger partial charge in [0.15, 0.2) is 11.6 Å². The first-order valence-corrected chi connectivity index (χ1v) is 11.8. The van der Waals surface area contributed by atoms with Crippen molar-refractivity contribution in [1.29, 1.82) is 0 Å². The molecule has 0 heterocycles. The molecule has 0 radical (unpaired) electrons. The van der Waals surface area contributed by atoms with Crippen LogP contribution in [0.1, 0.15) is 56.1 Å². The first kappa shape index (κ1) is 23.0. The number of methoxy groups -OCH3 is 2. The Bertz CT molecular complexity index is 959. The van der Waals surface area contributed by atoms with Crippen LogP contribution in [-0.4, -0.2) is 25.8 Å². The zero-order valence-corrected chi connectivity index (χ0v) is 19.5. The van der Waals surface area contributed by atoms with Gasteiger partial charge in [-0.15, -0.1) is 0 Å². The highest BCUT2D eigenvalue weighted by Crippen LogP contribution is 2.36. The molecule has 2 fully saturated rings. The SMILES string of the molecule is COc1ccc(C=C2CCCC(CC3CCCC(=Cc4ccc(OC)cc4)C3=O)C2=O)cc1. The number of benzene rings is 2. The summed E-state index contributed by atoms with van der Waals surface area (Å²) in [5.74, 6) is 1.93. The van der Waals surface area contributed by atoms with E-state index in [1.165, 1.54) is 0 Å². The van der Waals surface area contributed by atoms with Gasteiger partial charge in [-0.2, -0.15) is 0 Å². The topological polar surface area (TPSA) is 52.6 Å². The van der Waals surface area contributed by atoms with Gasteiger partial charge in [-0.3, -0.25) is 9.59 Å². The third-order valence-corrected chi connectivity index (χ3v) is 6.85. The van der Waals surface area contributed by atoms with Crippen molar-refractivity contribution in [2.24, 2.45) is 11.8 Å². The first-order valence-electron chi connectivity index (χ1n) is 11.8. The average molecular weight is 445 g/mol. The summed E-state index contributed by atoms with van der Waals surface area (Å²) in [5, 5.41) is 0. The Morgan fingerprint density at radius 1 is 0.697 bits per heavy atom. The molecule has 0 bridgehead atoms. The Kier molecular flexibility index (Phi) is 7.43. The van der Waals surface area contributed by atoms with Crippen molar-refractivity contribution in [1.82, 2.24) is 0 Å². The molecule has 0 aromatic heterocycles. The first-order chi connectivity index (χ1) is 16.1. The van der Waals surface area contributed by atoms with Gasteiger partial charge in [-0.05, 0) is 104 Å². The van der Waals surface area contributed by atoms with E-state index in [0.717, 1.165) is 72.3 Å². The molecule has 2 aromatic rings. The van der Waals surface area contributed by atoms with Crippen molar-refractivity contribution in [2.45, 2.75) is 44.9 Å². The van der Waals surface area contributed by atoms with Crippen LogP contribution in [0.5, 0.6) is 11.5 Å². The molecule has 2 atom stereocenters. The fourth-order valence-electron chi connectivity index (χ4n) is 4.99. The number of hydrogen-bond acceptors (Lipinski definition) is 4. The summed E-state index contributed by atoms with van der Waals surface area (Å²) >= 11 is 0. The average Bonchev–Trinajstić information content (AvgIpc) is 2.85. The van der Waals surface area contributed by atoms with Gasteiger partial charge in [0, 0.05) is 11.8 Å². The van der Waals surface area contributed by atoms with Crippen LogP contribution < -0.4 is 9.47 Å². The number of ketones is 2. The van der Waals surface area contributed by atoms with E-state index in [9.17, 15) is 9.59 Å². The fourth-order valence-corrected chi connectivity index (χ4v) is 4.99. The van der Waals surface area contributed by atoms with E-state index in [4.69, 9.17) is 9.47 Å². The standard InChI is InChI=1S/C29H32O4/c1-32-26-13-9-20(10-14-26)17-22-5-3-7-24(28(22)30)19-25-8-4-6-23(29(25)31)18-21-11-15-27(33-2)16-12-21/h9-18,24-25H,3-8,19H2,1-2H3. The summed E-state index contributed by atoms with van der Waals surface area (Å²) < 4.78 is 10.4. The second-order valence-corrected chi connectivity index (χ2v) is 9.03. The number of hydrogen-bond donors (Lipinski definition) is 0. The highest BCUT2D eigenvalue weighted by molar-refractivity contribution is 6.04. The van der Waals surface area contributed by atoms with Gasteiger partial charge < -0.3 is 9.47 Å². The molecule has 4 rings (SSSR count). The van der Waals surface area contributed by atoms with Crippen molar-refractivity contribution >= 4 is 23.7 Å². The van der Waals surface area contributed by atoms with Gasteiger partial charge in [-0.25, -0.2) is 0 Å². The third kappa shape index (κ3) is 5.62. The highest BCUT2D eigenvalue weighted by Gasteiger charge is 2.33. The van der Waals surface area contributed by atoms with E-state index in [1.807, 2.05) is 60.7 Å². The molecule has 33 heavy (non-hydrogen) atoms. The lowest BCUT2D eigenvalue weighted by Gasteiger charge is -2.29. The molecule has 0 N–H and O–H groups in total. The second kappa shape index (κ2) is 10.7. The van der Waals surface area contributed by atoms with Crippen molar-refractivity contribution in [3.8, 4) is 11.5 Å². The molecule has 2 aliphatic carbocycles. The van der Waals surface area contributed by atoms with Crippen LogP contribution in [0.25, 0.3) is 12.2 Å². The predicted octanol–water partition coefficient (Wildman–Crippen LogP) is 6.30. The summed E-state index contributed by atoms with van der Waals surface area (Å²) in [5.41, 5.74) is 3.79. The van der Waals surface area contributed by atoms with Gasteiger partial charge in [-0.1, -0.05) is 24.3 Å². The number of allylic oxidation sites excluding steroid dienone is 2. The Labute approximate surface area is 196 Å². The zero-order valence-electron chi connectivity index (χ0n) is 19.5. The Morgan fingerprint density at radius 3 is 1.45 bits per heavy atom. The van der Waals surface area contributed by atoms with Crippen LogP contribution in [0.4, 0.5) is 0 Å². The monoisotopic (exact) mass is 444 g/mol. The number of carbonyl (C=O) groups excluding carboxylic acids is 2. The van der Waals surface area contributed by atoms with Crippen LogP contribution in [-0.2, 0) is 9.59 Å². The van der Waals surface area contributed by atoms with Crippen molar-refractivity contribution in [2.75, 3.05) is 14.2 Å². The van der Waals surface area contributed by atoms with Gasteiger partial charge >= 0.3 is 0 Å². The van der Waals surface area contributed by atoms with E-state index in [0.29, 0.717) is 6.42 Å². The number of Topliss-reactive ketones (excluding diaryl/α,β-unsaturated/α-hetero) is 2. The maximum Gasteiger partial charge on any atom is 0.161 e. The molecule has 0 aliphatic heterocycles. The number of rotatable bonds is 6. The van der Waals surface area contributed by atoms with E-state index in [-0.39, 0.29) is 23.4 Å². The molecule has 2 saturated carbocycles. The minimum Gasteiger partial charge on any atom is -0.497 e. The van der Waals surface area contributed by atoms with Crippen molar-refractivity contribution in [3.63, 3.8) is 0 Å². The molecule has 2 aromatic carbocycles. The summed E-state index contributed by atoms with van der Waals surface area (Å²) in [6.45, 7) is 0. The zero-order chi connectivity index (χ0) is 23.2. The largest absolute Gasteiger partial charge is 0.497 e. The molecule has 4 heteroatoms. The maximum absolute atomic E-state index is 13.2. The predicted molar refractivity (Wildman–Crippen MR) is 131 cm³/mol. The van der Waals surface area contributed by atoms with Crippen molar-refractivity contribution in [3.05, 3.63) is 70.8 Å².